The predicted molar refractivity (Wildman–Crippen MR) is 143 cm³/mol. The molecule has 36 heavy (non-hydrogen) atoms. The number of aldehydes is 1. The van der Waals surface area contributed by atoms with Crippen molar-refractivity contribution >= 4 is 23.0 Å². The van der Waals surface area contributed by atoms with Gasteiger partial charge in [-0.25, -0.2) is 0 Å². The molecule has 0 spiro atoms. The number of carbonyl (C=O) groups is 2. The minimum atomic E-state index is -0.0982. The topological polar surface area (TPSA) is 53.5 Å². The molecule has 5 heteroatoms. The Kier molecular flexibility index (Phi) is 7.19. The van der Waals surface area contributed by atoms with Crippen molar-refractivity contribution in [1.82, 2.24) is 14.8 Å². The van der Waals surface area contributed by atoms with Gasteiger partial charge < -0.3 is 9.69 Å². The van der Waals surface area contributed by atoms with Crippen LogP contribution in [0, 0.1) is 5.92 Å². The molecule has 1 saturated heterocycles. The van der Waals surface area contributed by atoms with E-state index in [4.69, 9.17) is 0 Å². The van der Waals surface area contributed by atoms with Gasteiger partial charge >= 0.3 is 0 Å². The molecule has 0 N–H and O–H groups in total. The van der Waals surface area contributed by atoms with Gasteiger partial charge in [0.05, 0.1) is 11.6 Å². The van der Waals surface area contributed by atoms with E-state index in [0.29, 0.717) is 31.6 Å². The molecule has 1 aliphatic rings. The first kappa shape index (κ1) is 23.9. The number of piperazine rings is 1. The molecule has 182 valence electrons. The van der Waals surface area contributed by atoms with Crippen LogP contribution in [0.5, 0.6) is 0 Å². The van der Waals surface area contributed by atoms with Crippen molar-refractivity contribution in [3.05, 3.63) is 114 Å². The van der Waals surface area contributed by atoms with Crippen molar-refractivity contribution in [2.75, 3.05) is 19.6 Å². The normalized spacial score (nSPS) is 17.3. The highest BCUT2D eigenvalue weighted by Crippen LogP contribution is 2.34. The molecule has 2 atom stereocenters. The summed E-state index contributed by atoms with van der Waals surface area (Å²) in [4.78, 5) is 34.1. The second-order valence-corrected chi connectivity index (χ2v) is 9.62. The molecule has 0 saturated carbocycles. The molecule has 1 aliphatic heterocycles. The Hall–Kier alpha value is -3.83. The van der Waals surface area contributed by atoms with Crippen LogP contribution in [0.15, 0.2) is 97.3 Å². The summed E-state index contributed by atoms with van der Waals surface area (Å²) in [5.74, 6) is -0.0994. The van der Waals surface area contributed by atoms with E-state index in [2.05, 4.69) is 58.4 Å². The lowest BCUT2D eigenvalue weighted by molar-refractivity contribution is -0.111. The number of nitrogens with zero attached hydrogens (tertiary/aromatic N) is 3. The molecule has 1 amide bonds. The van der Waals surface area contributed by atoms with Gasteiger partial charge in [0.1, 0.15) is 6.29 Å². The van der Waals surface area contributed by atoms with Gasteiger partial charge in [-0.3, -0.25) is 14.7 Å². The molecule has 0 aliphatic carbocycles. The highest BCUT2D eigenvalue weighted by Gasteiger charge is 2.36. The Morgan fingerprint density at radius 2 is 1.56 bits per heavy atom. The summed E-state index contributed by atoms with van der Waals surface area (Å²) in [6.45, 7) is 3.86. The van der Waals surface area contributed by atoms with Gasteiger partial charge in [0.15, 0.2) is 0 Å². The molecule has 0 bridgehead atoms. The average Bonchev–Trinajstić information content (AvgIpc) is 2.94. The van der Waals surface area contributed by atoms with E-state index >= 15 is 0 Å². The number of hydrogen-bond acceptors (Lipinski definition) is 4. The first-order valence-electron chi connectivity index (χ1n) is 12.6. The summed E-state index contributed by atoms with van der Waals surface area (Å²) in [6, 6.07) is 29.0. The first-order chi connectivity index (χ1) is 17.7. The summed E-state index contributed by atoms with van der Waals surface area (Å²) in [5, 5.41) is 1.88. The molecule has 3 aromatic carbocycles. The Morgan fingerprint density at radius 3 is 2.22 bits per heavy atom. The quantitative estimate of drug-likeness (QED) is 0.336. The number of amides is 1. The van der Waals surface area contributed by atoms with Crippen molar-refractivity contribution in [3.8, 4) is 0 Å². The standard InChI is InChI=1S/C31H31N3O2/c1-23(22-35)18-27-21-33(31(36)29-20-32-19-26-14-8-9-15-28(26)29)16-17-34(27)30(24-10-4-2-5-11-24)25-12-6-3-7-13-25/h2-15,19-20,22-23,27,30H,16-18,21H2,1H3. The third kappa shape index (κ3) is 4.93. The van der Waals surface area contributed by atoms with Crippen LogP contribution >= 0.6 is 0 Å². The van der Waals surface area contributed by atoms with Gasteiger partial charge in [-0.2, -0.15) is 0 Å². The molecule has 5 nitrogen and oxygen atoms in total. The van der Waals surface area contributed by atoms with Gasteiger partial charge in [0, 0.05) is 49.4 Å². The fourth-order valence-corrected chi connectivity index (χ4v) is 5.39. The second kappa shape index (κ2) is 10.8. The molecule has 2 unspecified atom stereocenters. The van der Waals surface area contributed by atoms with Crippen LogP contribution in [0.25, 0.3) is 10.8 Å². The van der Waals surface area contributed by atoms with Crippen molar-refractivity contribution < 1.29 is 9.59 Å². The second-order valence-electron chi connectivity index (χ2n) is 9.62. The number of carbonyl (C=O) groups excluding carboxylic acids is 2. The van der Waals surface area contributed by atoms with Gasteiger partial charge in [-0.1, -0.05) is 91.9 Å². The largest absolute Gasteiger partial charge is 0.336 e. The zero-order chi connectivity index (χ0) is 24.9. The molecular formula is C31H31N3O2. The van der Waals surface area contributed by atoms with Crippen LogP contribution < -0.4 is 0 Å². The summed E-state index contributed by atoms with van der Waals surface area (Å²) >= 11 is 0. The predicted octanol–water partition coefficient (Wildman–Crippen LogP) is 5.38. The fourth-order valence-electron chi connectivity index (χ4n) is 5.39. The number of benzene rings is 3. The third-order valence-electron chi connectivity index (χ3n) is 7.15. The maximum absolute atomic E-state index is 13.7. The van der Waals surface area contributed by atoms with Gasteiger partial charge in [-0.05, 0) is 22.9 Å². The highest BCUT2D eigenvalue weighted by atomic mass is 16.2. The molecule has 4 aromatic rings. The van der Waals surface area contributed by atoms with E-state index in [-0.39, 0.29) is 23.9 Å². The summed E-state index contributed by atoms with van der Waals surface area (Å²) < 4.78 is 0. The van der Waals surface area contributed by atoms with Crippen molar-refractivity contribution in [3.63, 3.8) is 0 Å². The Balaban J connectivity index is 1.48. The highest BCUT2D eigenvalue weighted by molar-refractivity contribution is 6.06. The van der Waals surface area contributed by atoms with Crippen LogP contribution in [0.4, 0.5) is 0 Å². The van der Waals surface area contributed by atoms with E-state index in [1.165, 1.54) is 11.1 Å². The smallest absolute Gasteiger partial charge is 0.256 e. The average molecular weight is 478 g/mol. The maximum atomic E-state index is 13.7. The fraction of sp³-hybridized carbons (Fsp3) is 0.258. The maximum Gasteiger partial charge on any atom is 0.256 e. The number of hydrogen-bond donors (Lipinski definition) is 0. The molecule has 1 aromatic heterocycles. The molecule has 5 rings (SSSR count). The zero-order valence-corrected chi connectivity index (χ0v) is 20.5. The number of fused-ring (bicyclic) bond motifs is 1. The zero-order valence-electron chi connectivity index (χ0n) is 20.5. The van der Waals surface area contributed by atoms with Crippen LogP contribution in [0.2, 0.25) is 0 Å². The van der Waals surface area contributed by atoms with Crippen LogP contribution in [-0.2, 0) is 4.79 Å². The van der Waals surface area contributed by atoms with Crippen molar-refractivity contribution in [2.24, 2.45) is 5.92 Å². The van der Waals surface area contributed by atoms with E-state index in [1.807, 2.05) is 48.2 Å². The van der Waals surface area contributed by atoms with Gasteiger partial charge in [0.2, 0.25) is 0 Å². The van der Waals surface area contributed by atoms with Crippen LogP contribution in [0.3, 0.4) is 0 Å². The van der Waals surface area contributed by atoms with Crippen molar-refractivity contribution in [1.29, 1.82) is 0 Å². The Labute approximate surface area is 212 Å². The number of pyridine rings is 1. The van der Waals surface area contributed by atoms with Crippen LogP contribution in [-0.4, -0.2) is 52.7 Å². The van der Waals surface area contributed by atoms with Gasteiger partial charge in [-0.15, -0.1) is 0 Å². The van der Waals surface area contributed by atoms with E-state index in [1.54, 1.807) is 12.4 Å². The van der Waals surface area contributed by atoms with E-state index < -0.39 is 0 Å². The number of aromatic nitrogens is 1. The molecule has 2 heterocycles. The summed E-state index contributed by atoms with van der Waals surface area (Å²) in [5.41, 5.74) is 3.06. The summed E-state index contributed by atoms with van der Waals surface area (Å²) in [7, 11) is 0. The third-order valence-corrected chi connectivity index (χ3v) is 7.15. The van der Waals surface area contributed by atoms with Gasteiger partial charge in [0.25, 0.3) is 5.91 Å². The Bertz CT molecular complexity index is 1280. The lowest BCUT2D eigenvalue weighted by Gasteiger charge is -2.46. The van der Waals surface area contributed by atoms with E-state index in [9.17, 15) is 9.59 Å². The first-order valence-corrected chi connectivity index (χ1v) is 12.6. The monoisotopic (exact) mass is 477 g/mol. The Morgan fingerprint density at radius 1 is 0.917 bits per heavy atom. The SMILES string of the molecule is CC(C=O)CC1CN(C(=O)c2cncc3ccccc23)CCN1C(c1ccccc1)c1ccccc1. The molecule has 0 radical (unpaired) electrons. The minimum absolute atomic E-state index is 0.00122. The summed E-state index contributed by atoms with van der Waals surface area (Å²) in [6.07, 6.45) is 5.19. The van der Waals surface area contributed by atoms with Crippen LogP contribution in [0.1, 0.15) is 40.9 Å². The number of rotatable bonds is 7. The molecular weight excluding hydrogens is 446 g/mol. The van der Waals surface area contributed by atoms with E-state index in [0.717, 1.165) is 17.1 Å². The lowest BCUT2D eigenvalue weighted by Crippen LogP contribution is -2.56. The lowest BCUT2D eigenvalue weighted by atomic mass is 9.91. The molecule has 1 fully saturated rings. The van der Waals surface area contributed by atoms with Crippen molar-refractivity contribution in [2.45, 2.75) is 25.4 Å². The minimum Gasteiger partial charge on any atom is -0.336 e.